The highest BCUT2D eigenvalue weighted by Crippen LogP contribution is 2.26. The molecule has 5 heteroatoms. The van der Waals surface area contributed by atoms with Crippen LogP contribution in [0.25, 0.3) is 0 Å². The molecule has 0 saturated carbocycles. The molecule has 0 aliphatic carbocycles. The largest absolute Gasteiger partial charge is 0.397 e. The zero-order valence-electron chi connectivity index (χ0n) is 8.12. The normalized spacial score (nSPS) is 10.3. The molecule has 0 amide bonds. The van der Waals surface area contributed by atoms with Gasteiger partial charge in [-0.05, 0) is 25.1 Å². The van der Waals surface area contributed by atoms with Crippen LogP contribution in [0.2, 0.25) is 5.02 Å². The van der Waals surface area contributed by atoms with Crippen molar-refractivity contribution in [3.05, 3.63) is 34.3 Å². The number of halogens is 1. The van der Waals surface area contributed by atoms with Gasteiger partial charge < -0.3 is 11.1 Å². The monoisotopic (exact) mass is 239 g/mol. The van der Waals surface area contributed by atoms with Gasteiger partial charge in [0.05, 0.1) is 16.4 Å². The maximum atomic E-state index is 5.82. The average Bonchev–Trinajstić information content (AvgIpc) is 2.58. The quantitative estimate of drug-likeness (QED) is 0.790. The third-order valence-corrected chi connectivity index (χ3v) is 3.09. The van der Waals surface area contributed by atoms with E-state index in [-0.39, 0.29) is 0 Å². The predicted molar refractivity (Wildman–Crippen MR) is 66.0 cm³/mol. The summed E-state index contributed by atoms with van der Waals surface area (Å²) in [6, 6.07) is 5.42. The molecule has 78 valence electrons. The van der Waals surface area contributed by atoms with Crippen molar-refractivity contribution in [3.63, 3.8) is 0 Å². The first-order valence-electron chi connectivity index (χ1n) is 4.39. The van der Waals surface area contributed by atoms with Gasteiger partial charge in [-0.2, -0.15) is 0 Å². The molecule has 15 heavy (non-hydrogen) atoms. The Morgan fingerprint density at radius 3 is 2.87 bits per heavy atom. The van der Waals surface area contributed by atoms with Crippen LogP contribution in [0, 0.1) is 6.92 Å². The van der Waals surface area contributed by atoms with Crippen molar-refractivity contribution in [1.29, 1.82) is 0 Å². The second kappa shape index (κ2) is 4.08. The zero-order valence-corrected chi connectivity index (χ0v) is 9.69. The SMILES string of the molecule is Cc1csc(Nc2ccc(Cl)c(N)c2)n1. The summed E-state index contributed by atoms with van der Waals surface area (Å²) in [7, 11) is 0. The number of aryl methyl sites for hydroxylation is 1. The van der Waals surface area contributed by atoms with E-state index in [1.807, 2.05) is 18.4 Å². The van der Waals surface area contributed by atoms with Crippen molar-refractivity contribution in [2.45, 2.75) is 6.92 Å². The van der Waals surface area contributed by atoms with Crippen LogP contribution in [-0.4, -0.2) is 4.98 Å². The van der Waals surface area contributed by atoms with Crippen molar-refractivity contribution in [2.75, 3.05) is 11.1 Å². The molecular formula is C10H10ClN3S. The number of anilines is 3. The molecule has 0 atom stereocenters. The Bertz CT molecular complexity index is 481. The molecule has 0 spiro atoms. The van der Waals surface area contributed by atoms with E-state index in [1.54, 1.807) is 23.5 Å². The lowest BCUT2D eigenvalue weighted by atomic mass is 10.3. The number of nitrogens with two attached hydrogens (primary N) is 1. The number of aromatic nitrogens is 1. The number of hydrogen-bond acceptors (Lipinski definition) is 4. The fourth-order valence-corrected chi connectivity index (χ4v) is 1.98. The standard InChI is InChI=1S/C10H10ClN3S/c1-6-5-15-10(13-6)14-7-2-3-8(11)9(12)4-7/h2-5H,12H2,1H3,(H,13,14). The Hall–Kier alpha value is -1.26. The fourth-order valence-electron chi connectivity index (χ4n) is 1.16. The van der Waals surface area contributed by atoms with Crippen molar-refractivity contribution in [1.82, 2.24) is 4.98 Å². The van der Waals surface area contributed by atoms with Crippen LogP contribution in [0.5, 0.6) is 0 Å². The maximum Gasteiger partial charge on any atom is 0.187 e. The Labute approximate surface area is 96.9 Å². The van der Waals surface area contributed by atoms with Crippen LogP contribution < -0.4 is 11.1 Å². The average molecular weight is 240 g/mol. The molecule has 1 aromatic carbocycles. The molecule has 3 nitrogen and oxygen atoms in total. The summed E-state index contributed by atoms with van der Waals surface area (Å²) in [5.74, 6) is 0. The minimum Gasteiger partial charge on any atom is -0.397 e. The first-order valence-corrected chi connectivity index (χ1v) is 5.65. The Morgan fingerprint density at radius 2 is 2.27 bits per heavy atom. The number of nitrogens with one attached hydrogen (secondary N) is 1. The first-order chi connectivity index (χ1) is 7.15. The van der Waals surface area contributed by atoms with Crippen molar-refractivity contribution < 1.29 is 0 Å². The maximum absolute atomic E-state index is 5.82. The van der Waals surface area contributed by atoms with Crippen LogP contribution in [0.3, 0.4) is 0 Å². The lowest BCUT2D eigenvalue weighted by Crippen LogP contribution is -1.92. The second-order valence-electron chi connectivity index (χ2n) is 3.16. The number of rotatable bonds is 2. The zero-order chi connectivity index (χ0) is 10.8. The molecule has 1 heterocycles. The van der Waals surface area contributed by atoms with Gasteiger partial charge in [-0.15, -0.1) is 11.3 Å². The number of thiazole rings is 1. The topological polar surface area (TPSA) is 50.9 Å². The fraction of sp³-hybridized carbons (Fsp3) is 0.100. The molecule has 0 unspecified atom stereocenters. The third-order valence-electron chi connectivity index (χ3n) is 1.87. The molecule has 1 aromatic heterocycles. The van der Waals surface area contributed by atoms with Crippen LogP contribution in [0.1, 0.15) is 5.69 Å². The summed E-state index contributed by atoms with van der Waals surface area (Å²) >= 11 is 7.38. The Morgan fingerprint density at radius 1 is 1.47 bits per heavy atom. The number of nitrogen functional groups attached to an aromatic ring is 1. The number of benzene rings is 1. The molecule has 0 saturated heterocycles. The molecule has 0 fully saturated rings. The molecule has 2 rings (SSSR count). The lowest BCUT2D eigenvalue weighted by molar-refractivity contribution is 1.26. The molecular weight excluding hydrogens is 230 g/mol. The summed E-state index contributed by atoms with van der Waals surface area (Å²) in [6.07, 6.45) is 0. The van der Waals surface area contributed by atoms with E-state index >= 15 is 0 Å². The summed E-state index contributed by atoms with van der Waals surface area (Å²) in [6.45, 7) is 1.96. The predicted octanol–water partition coefficient (Wildman–Crippen LogP) is 3.43. The number of nitrogens with zero attached hydrogens (tertiary/aromatic N) is 1. The van der Waals surface area contributed by atoms with Gasteiger partial charge in [-0.3, -0.25) is 0 Å². The van der Waals surface area contributed by atoms with Gasteiger partial charge in [-0.1, -0.05) is 11.6 Å². The Kier molecular flexibility index (Phi) is 2.79. The number of hydrogen-bond donors (Lipinski definition) is 2. The van der Waals surface area contributed by atoms with Crippen LogP contribution in [0.4, 0.5) is 16.5 Å². The molecule has 0 bridgehead atoms. The van der Waals surface area contributed by atoms with Crippen LogP contribution >= 0.6 is 22.9 Å². The summed E-state index contributed by atoms with van der Waals surface area (Å²) in [5, 5.41) is 6.57. The second-order valence-corrected chi connectivity index (χ2v) is 4.42. The molecule has 0 aliphatic rings. The van der Waals surface area contributed by atoms with E-state index < -0.39 is 0 Å². The van der Waals surface area contributed by atoms with Gasteiger partial charge in [0.15, 0.2) is 5.13 Å². The molecule has 2 aromatic rings. The van der Waals surface area contributed by atoms with E-state index in [0.717, 1.165) is 16.5 Å². The van der Waals surface area contributed by atoms with Gasteiger partial charge in [0, 0.05) is 11.1 Å². The van der Waals surface area contributed by atoms with Gasteiger partial charge in [0.25, 0.3) is 0 Å². The highest BCUT2D eigenvalue weighted by Gasteiger charge is 2.01. The van der Waals surface area contributed by atoms with Gasteiger partial charge in [0.2, 0.25) is 0 Å². The van der Waals surface area contributed by atoms with E-state index in [9.17, 15) is 0 Å². The van der Waals surface area contributed by atoms with Crippen molar-refractivity contribution >= 4 is 39.4 Å². The van der Waals surface area contributed by atoms with E-state index in [4.69, 9.17) is 17.3 Å². The van der Waals surface area contributed by atoms with E-state index in [0.29, 0.717) is 10.7 Å². The first kappa shape index (κ1) is 10.3. The summed E-state index contributed by atoms with van der Waals surface area (Å²) in [5.41, 5.74) is 8.15. The molecule has 0 radical (unpaired) electrons. The Balaban J connectivity index is 2.21. The minimum absolute atomic E-state index is 0.565. The summed E-state index contributed by atoms with van der Waals surface area (Å²) in [4.78, 5) is 4.29. The van der Waals surface area contributed by atoms with E-state index in [2.05, 4.69) is 10.3 Å². The van der Waals surface area contributed by atoms with Gasteiger partial charge in [-0.25, -0.2) is 4.98 Å². The minimum atomic E-state index is 0.565. The smallest absolute Gasteiger partial charge is 0.187 e. The van der Waals surface area contributed by atoms with Crippen LogP contribution in [0.15, 0.2) is 23.6 Å². The summed E-state index contributed by atoms with van der Waals surface area (Å²) < 4.78 is 0. The van der Waals surface area contributed by atoms with E-state index in [1.165, 1.54) is 0 Å². The lowest BCUT2D eigenvalue weighted by Gasteiger charge is -2.04. The van der Waals surface area contributed by atoms with Gasteiger partial charge in [0.1, 0.15) is 0 Å². The highest BCUT2D eigenvalue weighted by atomic mass is 35.5. The van der Waals surface area contributed by atoms with Crippen LogP contribution in [-0.2, 0) is 0 Å². The highest BCUT2D eigenvalue weighted by molar-refractivity contribution is 7.13. The van der Waals surface area contributed by atoms with Gasteiger partial charge >= 0.3 is 0 Å². The van der Waals surface area contributed by atoms with Crippen molar-refractivity contribution in [3.8, 4) is 0 Å². The molecule has 3 N–H and O–H groups in total. The third kappa shape index (κ3) is 2.40. The molecule has 0 aliphatic heterocycles. The van der Waals surface area contributed by atoms with Crippen molar-refractivity contribution in [2.24, 2.45) is 0 Å².